The molecule has 7 nitrogen and oxygen atoms in total. The summed E-state index contributed by atoms with van der Waals surface area (Å²) >= 11 is 0. The molecule has 2 heterocycles. The fourth-order valence-corrected chi connectivity index (χ4v) is 4.76. The number of aromatic nitrogens is 2. The van der Waals surface area contributed by atoms with Crippen LogP contribution in [0.15, 0.2) is 59.7 Å². The van der Waals surface area contributed by atoms with Crippen LogP contribution in [0.4, 0.5) is 4.79 Å². The van der Waals surface area contributed by atoms with Crippen LogP contribution < -0.4 is 10.6 Å². The molecule has 1 amide bonds. The van der Waals surface area contributed by atoms with Crippen molar-refractivity contribution in [1.29, 1.82) is 0 Å². The molecule has 2 aliphatic rings. The van der Waals surface area contributed by atoms with Crippen LogP contribution in [0.25, 0.3) is 10.9 Å². The van der Waals surface area contributed by atoms with Crippen molar-refractivity contribution in [3.63, 3.8) is 0 Å². The van der Waals surface area contributed by atoms with Gasteiger partial charge in [0.05, 0.1) is 11.1 Å². The maximum atomic E-state index is 11.8. The topological polar surface area (TPSA) is 79.4 Å². The highest BCUT2D eigenvalue weighted by atomic mass is 16.6. The highest BCUT2D eigenvalue weighted by molar-refractivity contribution is 5.81. The van der Waals surface area contributed by atoms with Gasteiger partial charge in [0, 0.05) is 42.6 Å². The Morgan fingerprint density at radius 3 is 2.16 bits per heavy atom. The Balaban J connectivity index is 0.000000612. The van der Waals surface area contributed by atoms with Crippen molar-refractivity contribution < 1.29 is 9.53 Å². The molecule has 0 bridgehead atoms. The SMILES string of the molecule is C=C(C)NC1(CC)CN(C(=O)OC(C)(C)C)C1.CC.CC.CCc1ccc2ncnc(C)c2c1.CNC1=C(C)C(C)=CCC1. The van der Waals surface area contributed by atoms with Crippen LogP contribution in [0.3, 0.4) is 0 Å². The summed E-state index contributed by atoms with van der Waals surface area (Å²) in [5.74, 6) is 0. The first-order valence-corrected chi connectivity index (χ1v) is 16.4. The molecule has 4 rings (SSSR count). The van der Waals surface area contributed by atoms with Crippen molar-refractivity contribution in [2.45, 2.75) is 127 Å². The lowest BCUT2D eigenvalue weighted by Crippen LogP contribution is -2.69. The number of fused-ring (bicyclic) bond motifs is 1. The van der Waals surface area contributed by atoms with Crippen LogP contribution in [0, 0.1) is 6.92 Å². The van der Waals surface area contributed by atoms with Crippen LogP contribution in [-0.4, -0.2) is 52.2 Å². The van der Waals surface area contributed by atoms with Gasteiger partial charge in [-0.05, 0) is 97.4 Å². The van der Waals surface area contributed by atoms with E-state index < -0.39 is 5.60 Å². The van der Waals surface area contributed by atoms with Crippen molar-refractivity contribution in [2.24, 2.45) is 0 Å². The van der Waals surface area contributed by atoms with Crippen LogP contribution >= 0.6 is 0 Å². The van der Waals surface area contributed by atoms with Gasteiger partial charge < -0.3 is 20.3 Å². The number of carbonyl (C=O) groups excluding carboxylic acids is 1. The first kappa shape index (κ1) is 40.6. The molecule has 1 aromatic heterocycles. The average Bonchev–Trinajstić information content (AvgIpc) is 2.98. The number of allylic oxidation sites excluding steroid dienone is 5. The minimum absolute atomic E-state index is 0.0112. The molecular weight excluding hydrogens is 546 g/mol. The number of hydrogen-bond donors (Lipinski definition) is 2. The number of aryl methyl sites for hydroxylation is 2. The molecule has 0 unspecified atom stereocenters. The lowest BCUT2D eigenvalue weighted by atomic mass is 9.87. The minimum Gasteiger partial charge on any atom is -0.444 e. The molecule has 0 radical (unpaired) electrons. The van der Waals surface area contributed by atoms with Crippen molar-refractivity contribution >= 4 is 17.0 Å². The van der Waals surface area contributed by atoms with Gasteiger partial charge in [-0.15, -0.1) is 0 Å². The van der Waals surface area contributed by atoms with Gasteiger partial charge in [-0.2, -0.15) is 0 Å². The monoisotopic (exact) mass is 609 g/mol. The molecule has 44 heavy (non-hydrogen) atoms. The van der Waals surface area contributed by atoms with E-state index in [0.717, 1.165) is 29.7 Å². The molecule has 1 aromatic carbocycles. The number of ether oxygens (including phenoxy) is 1. The number of benzene rings is 1. The van der Waals surface area contributed by atoms with Crippen molar-refractivity contribution in [3.8, 4) is 0 Å². The molecule has 0 spiro atoms. The smallest absolute Gasteiger partial charge is 0.410 e. The largest absolute Gasteiger partial charge is 0.444 e. The summed E-state index contributed by atoms with van der Waals surface area (Å²) in [6, 6.07) is 6.35. The highest BCUT2D eigenvalue weighted by Crippen LogP contribution is 2.27. The number of nitrogens with one attached hydrogen (secondary N) is 2. The van der Waals surface area contributed by atoms with Crippen LogP contribution in [0.1, 0.15) is 114 Å². The lowest BCUT2D eigenvalue weighted by Gasteiger charge is -2.50. The summed E-state index contributed by atoms with van der Waals surface area (Å²) in [5, 5.41) is 7.74. The van der Waals surface area contributed by atoms with Crippen LogP contribution in [0.5, 0.6) is 0 Å². The van der Waals surface area contributed by atoms with E-state index in [1.54, 1.807) is 11.2 Å². The highest BCUT2D eigenvalue weighted by Gasteiger charge is 2.45. The first-order chi connectivity index (χ1) is 20.7. The van der Waals surface area contributed by atoms with Crippen molar-refractivity contribution in [1.82, 2.24) is 25.5 Å². The quantitative estimate of drug-likeness (QED) is 0.352. The molecule has 2 aromatic rings. The Hall–Kier alpha value is -3.35. The van der Waals surface area contributed by atoms with E-state index in [1.807, 2.05) is 69.4 Å². The summed E-state index contributed by atoms with van der Waals surface area (Å²) in [5.41, 5.74) is 8.18. The van der Waals surface area contributed by atoms with Gasteiger partial charge >= 0.3 is 6.09 Å². The molecular formula is C37H63N5O2. The maximum absolute atomic E-state index is 11.8. The number of likely N-dealkylation sites (tertiary alicyclic amines) is 1. The molecule has 1 fully saturated rings. The predicted octanol–water partition coefficient (Wildman–Crippen LogP) is 9.28. The third-order valence-electron chi connectivity index (χ3n) is 7.29. The average molecular weight is 610 g/mol. The molecule has 1 aliphatic carbocycles. The Morgan fingerprint density at radius 1 is 1.07 bits per heavy atom. The number of rotatable bonds is 5. The number of hydrogen-bond acceptors (Lipinski definition) is 6. The number of carbonyl (C=O) groups is 1. The normalized spacial score (nSPS) is 14.8. The Kier molecular flexibility index (Phi) is 18.3. The van der Waals surface area contributed by atoms with Gasteiger partial charge in [0.2, 0.25) is 0 Å². The fraction of sp³-hybridized carbons (Fsp3) is 0.595. The van der Waals surface area contributed by atoms with Gasteiger partial charge in [0.15, 0.2) is 0 Å². The predicted molar refractivity (Wildman–Crippen MR) is 190 cm³/mol. The van der Waals surface area contributed by atoms with Gasteiger partial charge in [-0.25, -0.2) is 14.8 Å². The maximum Gasteiger partial charge on any atom is 0.410 e. The second-order valence-corrected chi connectivity index (χ2v) is 11.8. The van der Waals surface area contributed by atoms with E-state index in [9.17, 15) is 4.79 Å². The molecule has 7 heteroatoms. The molecule has 1 aliphatic heterocycles. The minimum atomic E-state index is -0.427. The fourth-order valence-electron chi connectivity index (χ4n) is 4.76. The van der Waals surface area contributed by atoms with Crippen molar-refractivity contribution in [2.75, 3.05) is 20.1 Å². The van der Waals surface area contributed by atoms with Gasteiger partial charge in [-0.3, -0.25) is 0 Å². The Labute approximate surface area is 269 Å². The van der Waals surface area contributed by atoms with Gasteiger partial charge in [0.1, 0.15) is 11.9 Å². The van der Waals surface area contributed by atoms with E-state index in [4.69, 9.17) is 4.74 Å². The molecule has 0 atom stereocenters. The second kappa shape index (κ2) is 19.8. The van der Waals surface area contributed by atoms with E-state index in [1.165, 1.54) is 40.6 Å². The molecule has 1 saturated heterocycles. The van der Waals surface area contributed by atoms with E-state index in [-0.39, 0.29) is 11.6 Å². The molecule has 0 saturated carbocycles. The first-order valence-electron chi connectivity index (χ1n) is 16.4. The molecule has 2 N–H and O–H groups in total. The molecule has 248 valence electrons. The van der Waals surface area contributed by atoms with E-state index in [2.05, 4.69) is 79.2 Å². The Morgan fingerprint density at radius 2 is 1.68 bits per heavy atom. The zero-order chi connectivity index (χ0) is 34.1. The van der Waals surface area contributed by atoms with Gasteiger partial charge in [0.25, 0.3) is 0 Å². The third kappa shape index (κ3) is 13.1. The lowest BCUT2D eigenvalue weighted by molar-refractivity contribution is -0.0151. The van der Waals surface area contributed by atoms with Crippen LogP contribution in [-0.2, 0) is 11.2 Å². The van der Waals surface area contributed by atoms with Crippen LogP contribution in [0.2, 0.25) is 0 Å². The summed E-state index contributed by atoms with van der Waals surface area (Å²) in [6.45, 7) is 31.4. The summed E-state index contributed by atoms with van der Waals surface area (Å²) in [4.78, 5) is 21.9. The summed E-state index contributed by atoms with van der Waals surface area (Å²) in [6.07, 6.45) is 8.09. The zero-order valence-corrected chi connectivity index (χ0v) is 30.5. The standard InChI is InChI=1S/C13H24N2O2.C11H12N2.C9H15N.2C2H6/c1-7-13(14-10(2)3)8-15(9-13)11(16)17-12(4,5)6;1-3-9-4-5-11-10(6-9)8(2)12-7-13-11;1-7-5-4-6-9(10-3)8(7)2;2*1-2/h14H,2,7-9H2,1,3-6H3;4-7H,3H2,1-2H3;5,10H,4,6H2,1-3H3;2*1-2H3. The Bertz CT molecular complexity index is 1230. The zero-order valence-electron chi connectivity index (χ0n) is 30.5. The second-order valence-electron chi connectivity index (χ2n) is 11.8. The summed E-state index contributed by atoms with van der Waals surface area (Å²) < 4.78 is 5.32. The number of amides is 1. The van der Waals surface area contributed by atoms with Crippen molar-refractivity contribution in [3.05, 3.63) is 71.0 Å². The van der Waals surface area contributed by atoms with Gasteiger partial charge in [-0.1, -0.05) is 65.8 Å². The third-order valence-corrected chi connectivity index (χ3v) is 7.29. The van der Waals surface area contributed by atoms with E-state index >= 15 is 0 Å². The number of nitrogens with zero attached hydrogens (tertiary/aromatic N) is 3. The summed E-state index contributed by atoms with van der Waals surface area (Å²) in [7, 11) is 2.00. The van der Waals surface area contributed by atoms with E-state index in [0.29, 0.717) is 13.1 Å².